The molecule has 9 heteroatoms. The van der Waals surface area contributed by atoms with E-state index in [1.807, 2.05) is 11.5 Å². The maximum absolute atomic E-state index is 12.5. The van der Waals surface area contributed by atoms with Gasteiger partial charge < -0.3 is 10.5 Å². The van der Waals surface area contributed by atoms with Gasteiger partial charge in [-0.05, 0) is 17.7 Å². The molecule has 0 aliphatic carbocycles. The lowest BCUT2D eigenvalue weighted by Gasteiger charge is -2.16. The number of alkyl halides is 3. The van der Waals surface area contributed by atoms with Crippen LogP contribution in [0, 0.1) is 11.3 Å². The van der Waals surface area contributed by atoms with E-state index < -0.39 is 17.9 Å². The summed E-state index contributed by atoms with van der Waals surface area (Å²) in [5.74, 6) is -0.254. The highest BCUT2D eigenvalue weighted by molar-refractivity contribution is 7.13. The lowest BCUT2D eigenvalue weighted by molar-refractivity contribution is -0.140. The van der Waals surface area contributed by atoms with Crippen molar-refractivity contribution in [2.24, 2.45) is 0 Å². The average Bonchev–Trinajstić information content (AvgIpc) is 2.98. The zero-order chi connectivity index (χ0) is 17.0. The molecule has 0 aliphatic heterocycles. The maximum Gasteiger partial charge on any atom is 0.434 e. The van der Waals surface area contributed by atoms with E-state index in [4.69, 9.17) is 10.5 Å². The Hall–Kier alpha value is -2.15. The first kappa shape index (κ1) is 17.2. The number of nitriles is 1. The second-order valence-corrected chi connectivity index (χ2v) is 5.67. The summed E-state index contributed by atoms with van der Waals surface area (Å²) in [6.45, 7) is 1.77. The minimum atomic E-state index is -4.46. The number of aromatic nitrogens is 1. The van der Waals surface area contributed by atoms with Crippen molar-refractivity contribution in [2.75, 3.05) is 5.32 Å². The van der Waals surface area contributed by atoms with Crippen LogP contribution in [0.5, 0.6) is 0 Å². The summed E-state index contributed by atoms with van der Waals surface area (Å²) < 4.78 is 37.5. The molecule has 0 spiro atoms. The summed E-state index contributed by atoms with van der Waals surface area (Å²) in [7, 11) is 0. The van der Waals surface area contributed by atoms with Crippen LogP contribution in [0.25, 0.3) is 0 Å². The maximum atomic E-state index is 12.5. The third kappa shape index (κ3) is 4.19. The summed E-state index contributed by atoms with van der Waals surface area (Å²) >= 11 is 0.866. The van der Waals surface area contributed by atoms with E-state index in [1.165, 1.54) is 0 Å². The number of halogens is 3. The van der Waals surface area contributed by atoms with Crippen LogP contribution in [0.1, 0.15) is 24.1 Å². The Morgan fingerprint density at radius 1 is 1.30 bits per heavy atom. The van der Waals surface area contributed by atoms with Crippen molar-refractivity contribution in [3.8, 4) is 6.07 Å². The zero-order valence-electron chi connectivity index (χ0n) is 11.9. The molecule has 0 radical (unpaired) electrons. The molecular weight excluding hydrogens is 329 g/mol. The second-order valence-electron chi connectivity index (χ2n) is 4.81. The van der Waals surface area contributed by atoms with Gasteiger partial charge in [0, 0.05) is 17.0 Å². The Labute approximate surface area is 134 Å². The molecule has 122 valence electrons. The van der Waals surface area contributed by atoms with Crippen molar-refractivity contribution in [3.05, 3.63) is 40.9 Å². The van der Waals surface area contributed by atoms with E-state index in [0.29, 0.717) is 5.69 Å². The lowest BCUT2D eigenvalue weighted by atomic mass is 9.94. The van der Waals surface area contributed by atoms with Crippen molar-refractivity contribution in [1.82, 2.24) is 10.5 Å². The standard InChI is InChI=1S/C14H13F3N4OS/c1-8(11(6-18)21-22)9-2-4-10(5-3-9)19-13-20-12(7-23-13)14(15,16)17/h2-5,7-8,11,21-22H,1H3,(H,19,20)/t8-,11?/m1/s1. The predicted molar refractivity (Wildman–Crippen MR) is 79.6 cm³/mol. The largest absolute Gasteiger partial charge is 0.434 e. The molecule has 0 aliphatic rings. The fraction of sp³-hybridized carbons (Fsp3) is 0.286. The van der Waals surface area contributed by atoms with E-state index in [2.05, 4.69) is 10.3 Å². The summed E-state index contributed by atoms with van der Waals surface area (Å²) in [6, 6.07) is 7.99. The molecule has 2 atom stereocenters. The van der Waals surface area contributed by atoms with E-state index >= 15 is 0 Å². The van der Waals surface area contributed by atoms with Crippen LogP contribution in [0.2, 0.25) is 0 Å². The second kappa shape index (κ2) is 6.95. The number of hydrogen-bond donors (Lipinski definition) is 3. The van der Waals surface area contributed by atoms with E-state index in [-0.39, 0.29) is 11.0 Å². The fourth-order valence-electron chi connectivity index (χ4n) is 1.90. The van der Waals surface area contributed by atoms with Gasteiger partial charge in [0.1, 0.15) is 6.04 Å². The Bertz CT molecular complexity index is 693. The Kier molecular flexibility index (Phi) is 5.20. The molecule has 1 aromatic carbocycles. The normalized spacial score (nSPS) is 14.1. The van der Waals surface area contributed by atoms with Crippen molar-refractivity contribution in [1.29, 1.82) is 5.26 Å². The van der Waals surface area contributed by atoms with Crippen LogP contribution in [-0.4, -0.2) is 16.2 Å². The highest BCUT2D eigenvalue weighted by atomic mass is 32.1. The first-order valence-electron chi connectivity index (χ1n) is 6.54. The SMILES string of the molecule is C[C@H](c1ccc(Nc2nc(C(F)(F)F)cs2)cc1)C(C#N)NO. The molecule has 0 bridgehead atoms. The highest BCUT2D eigenvalue weighted by Crippen LogP contribution is 2.32. The van der Waals surface area contributed by atoms with Crippen molar-refractivity contribution >= 4 is 22.2 Å². The molecule has 0 saturated heterocycles. The van der Waals surface area contributed by atoms with Gasteiger partial charge in [-0.2, -0.15) is 23.9 Å². The number of rotatable bonds is 5. The van der Waals surface area contributed by atoms with Gasteiger partial charge in [0.25, 0.3) is 0 Å². The number of nitrogens with zero attached hydrogens (tertiary/aromatic N) is 2. The number of hydrogen-bond acceptors (Lipinski definition) is 6. The monoisotopic (exact) mass is 342 g/mol. The Morgan fingerprint density at radius 2 is 1.96 bits per heavy atom. The summed E-state index contributed by atoms with van der Waals surface area (Å²) in [5.41, 5.74) is 2.38. The topological polar surface area (TPSA) is 81.0 Å². The molecule has 1 unspecified atom stereocenters. The highest BCUT2D eigenvalue weighted by Gasteiger charge is 2.33. The number of anilines is 2. The number of nitrogens with one attached hydrogen (secondary N) is 2. The molecule has 0 amide bonds. The molecule has 0 fully saturated rings. The molecule has 0 saturated carbocycles. The van der Waals surface area contributed by atoms with Gasteiger partial charge in [0.05, 0.1) is 6.07 Å². The third-order valence-corrected chi connectivity index (χ3v) is 4.02. The van der Waals surface area contributed by atoms with Gasteiger partial charge in [0.2, 0.25) is 0 Å². The van der Waals surface area contributed by atoms with Crippen molar-refractivity contribution in [3.63, 3.8) is 0 Å². The third-order valence-electron chi connectivity index (χ3n) is 3.26. The van der Waals surface area contributed by atoms with Gasteiger partial charge in [0.15, 0.2) is 10.8 Å². The Morgan fingerprint density at radius 3 is 2.43 bits per heavy atom. The van der Waals surface area contributed by atoms with Crippen LogP contribution in [0.3, 0.4) is 0 Å². The van der Waals surface area contributed by atoms with Crippen LogP contribution >= 0.6 is 11.3 Å². The van der Waals surface area contributed by atoms with Gasteiger partial charge in [-0.15, -0.1) is 11.3 Å². The molecule has 1 aromatic heterocycles. The molecule has 1 heterocycles. The minimum absolute atomic E-state index is 0.144. The van der Waals surface area contributed by atoms with Gasteiger partial charge >= 0.3 is 6.18 Å². The number of hydroxylamine groups is 1. The summed E-state index contributed by atoms with van der Waals surface area (Å²) in [5, 5.41) is 21.7. The lowest BCUT2D eigenvalue weighted by Crippen LogP contribution is -2.29. The molecule has 23 heavy (non-hydrogen) atoms. The first-order valence-corrected chi connectivity index (χ1v) is 7.42. The molecule has 2 aromatic rings. The van der Waals surface area contributed by atoms with Gasteiger partial charge in [-0.3, -0.25) is 0 Å². The van der Waals surface area contributed by atoms with Crippen LogP contribution in [0.15, 0.2) is 29.6 Å². The van der Waals surface area contributed by atoms with Crippen LogP contribution in [-0.2, 0) is 6.18 Å². The van der Waals surface area contributed by atoms with Crippen LogP contribution < -0.4 is 10.8 Å². The number of thiazole rings is 1. The molecular formula is C14H13F3N4OS. The molecule has 2 rings (SSSR count). The van der Waals surface area contributed by atoms with Crippen molar-refractivity contribution < 1.29 is 18.4 Å². The zero-order valence-corrected chi connectivity index (χ0v) is 12.7. The quantitative estimate of drug-likeness (QED) is 0.719. The van der Waals surface area contributed by atoms with Crippen LogP contribution in [0.4, 0.5) is 24.0 Å². The predicted octanol–water partition coefficient (Wildman–Crippen LogP) is 3.88. The number of benzene rings is 1. The minimum Gasteiger partial charge on any atom is -0.332 e. The summed E-state index contributed by atoms with van der Waals surface area (Å²) in [4.78, 5) is 3.49. The van der Waals surface area contributed by atoms with Crippen molar-refractivity contribution in [2.45, 2.75) is 25.1 Å². The summed E-state index contributed by atoms with van der Waals surface area (Å²) in [6.07, 6.45) is -4.46. The van der Waals surface area contributed by atoms with E-state index in [9.17, 15) is 13.2 Å². The fourth-order valence-corrected chi connectivity index (χ4v) is 2.64. The van der Waals surface area contributed by atoms with E-state index in [0.717, 1.165) is 22.3 Å². The van der Waals surface area contributed by atoms with Gasteiger partial charge in [-0.1, -0.05) is 19.1 Å². The molecule has 3 N–H and O–H groups in total. The van der Waals surface area contributed by atoms with Gasteiger partial charge in [-0.25, -0.2) is 4.98 Å². The molecule has 5 nitrogen and oxygen atoms in total. The smallest absolute Gasteiger partial charge is 0.332 e. The average molecular weight is 342 g/mol. The Balaban J connectivity index is 2.09. The van der Waals surface area contributed by atoms with E-state index in [1.54, 1.807) is 31.2 Å². The first-order chi connectivity index (χ1) is 10.8.